The van der Waals surface area contributed by atoms with Gasteiger partial charge in [0.05, 0.1) is 5.69 Å². The predicted molar refractivity (Wildman–Crippen MR) is 73.2 cm³/mol. The molecule has 2 heteroatoms. The van der Waals surface area contributed by atoms with Crippen LogP contribution in [-0.4, -0.2) is 10.5 Å². The summed E-state index contributed by atoms with van der Waals surface area (Å²) in [6.45, 7) is 11.0. The van der Waals surface area contributed by atoms with Gasteiger partial charge in [0.1, 0.15) is 0 Å². The smallest absolute Gasteiger partial charge is 0.0796 e. The molecule has 1 nitrogen and oxygen atoms in total. The second-order valence-corrected chi connectivity index (χ2v) is 6.99. The fraction of sp³-hybridized carbons (Fsp3) is 0.500. The summed E-state index contributed by atoms with van der Waals surface area (Å²) in [5.74, 6) is 0. The van der Waals surface area contributed by atoms with Gasteiger partial charge in [-0.15, -0.1) is 11.8 Å². The van der Waals surface area contributed by atoms with Gasteiger partial charge in [0.2, 0.25) is 0 Å². The number of rotatable bonds is 0. The predicted octanol–water partition coefficient (Wildman–Crippen LogP) is 4.67. The Hall–Kier alpha value is -0.760. The molecule has 0 aliphatic carbocycles. The first-order chi connectivity index (χ1) is 7.39. The molecule has 0 atom stereocenters. The Bertz CT molecular complexity index is 458. The maximum absolute atomic E-state index is 4.79. The molecule has 1 aromatic carbocycles. The van der Waals surface area contributed by atoms with Crippen LogP contribution in [0.25, 0.3) is 0 Å². The van der Waals surface area contributed by atoms with Gasteiger partial charge in [-0.2, -0.15) is 0 Å². The topological polar surface area (TPSA) is 12.4 Å². The van der Waals surface area contributed by atoms with Crippen molar-refractivity contribution in [2.24, 2.45) is 4.99 Å². The van der Waals surface area contributed by atoms with Crippen LogP contribution in [0.4, 0.5) is 5.69 Å². The first-order valence-electron chi connectivity index (χ1n) is 5.72. The van der Waals surface area contributed by atoms with E-state index in [1.54, 1.807) is 0 Å². The monoisotopic (exact) mass is 233 g/mol. The minimum absolute atomic E-state index is 0.251. The Kier molecular flexibility index (Phi) is 2.87. The zero-order valence-corrected chi connectivity index (χ0v) is 11.5. The SMILES string of the molecule is CC1=Nc2c(ccc(C)c2C)SC(C)(C)C1. The molecule has 16 heavy (non-hydrogen) atoms. The summed E-state index contributed by atoms with van der Waals surface area (Å²) in [6.07, 6.45) is 1.06. The number of benzene rings is 1. The number of thioether (sulfide) groups is 1. The van der Waals surface area contributed by atoms with E-state index in [9.17, 15) is 0 Å². The molecule has 2 rings (SSSR count). The van der Waals surface area contributed by atoms with E-state index in [2.05, 4.69) is 46.8 Å². The molecule has 1 aromatic rings. The van der Waals surface area contributed by atoms with Crippen molar-refractivity contribution in [2.75, 3.05) is 0 Å². The quantitative estimate of drug-likeness (QED) is 0.634. The van der Waals surface area contributed by atoms with Gasteiger partial charge in [-0.3, -0.25) is 4.99 Å². The van der Waals surface area contributed by atoms with Crippen molar-refractivity contribution in [3.8, 4) is 0 Å². The summed E-state index contributed by atoms with van der Waals surface area (Å²) in [5, 5.41) is 0. The highest BCUT2D eigenvalue weighted by molar-refractivity contribution is 8.00. The molecule has 0 amide bonds. The first-order valence-corrected chi connectivity index (χ1v) is 6.54. The number of hydrogen-bond acceptors (Lipinski definition) is 2. The van der Waals surface area contributed by atoms with E-state index in [0.717, 1.165) is 6.42 Å². The summed E-state index contributed by atoms with van der Waals surface area (Å²) in [7, 11) is 0. The lowest BCUT2D eigenvalue weighted by Crippen LogP contribution is -2.17. The molecule has 86 valence electrons. The Labute approximate surface area is 102 Å². The third-order valence-electron chi connectivity index (χ3n) is 3.04. The van der Waals surface area contributed by atoms with Crippen LogP contribution in [0.15, 0.2) is 22.0 Å². The van der Waals surface area contributed by atoms with Crippen molar-refractivity contribution >= 4 is 23.2 Å². The van der Waals surface area contributed by atoms with E-state index in [-0.39, 0.29) is 4.75 Å². The van der Waals surface area contributed by atoms with Gasteiger partial charge < -0.3 is 0 Å². The largest absolute Gasteiger partial charge is 0.257 e. The molecule has 0 fully saturated rings. The molecular weight excluding hydrogens is 214 g/mol. The molecule has 0 N–H and O–H groups in total. The standard InChI is InChI=1S/C14H19NS/c1-9-6-7-12-13(11(9)3)15-10(2)8-14(4,5)16-12/h6-7H,8H2,1-5H3. The highest BCUT2D eigenvalue weighted by Crippen LogP contribution is 2.44. The van der Waals surface area contributed by atoms with Gasteiger partial charge in [0.15, 0.2) is 0 Å². The molecule has 0 spiro atoms. The Morgan fingerprint density at radius 1 is 1.19 bits per heavy atom. The van der Waals surface area contributed by atoms with Crippen LogP contribution in [0, 0.1) is 13.8 Å². The number of hydrogen-bond donors (Lipinski definition) is 0. The van der Waals surface area contributed by atoms with Gasteiger partial charge in [0.25, 0.3) is 0 Å². The summed E-state index contributed by atoms with van der Waals surface area (Å²) in [4.78, 5) is 6.12. The van der Waals surface area contributed by atoms with Crippen molar-refractivity contribution in [2.45, 2.75) is 50.7 Å². The fourth-order valence-electron chi connectivity index (χ4n) is 2.18. The molecule has 0 saturated carbocycles. The number of nitrogens with zero attached hydrogens (tertiary/aromatic N) is 1. The van der Waals surface area contributed by atoms with E-state index >= 15 is 0 Å². The zero-order chi connectivity index (χ0) is 11.9. The van der Waals surface area contributed by atoms with E-state index in [1.165, 1.54) is 27.4 Å². The Morgan fingerprint density at radius 3 is 2.56 bits per heavy atom. The van der Waals surface area contributed by atoms with Crippen LogP contribution in [0.3, 0.4) is 0 Å². The normalized spacial score (nSPS) is 18.7. The van der Waals surface area contributed by atoms with E-state index in [4.69, 9.17) is 4.99 Å². The van der Waals surface area contributed by atoms with Crippen LogP contribution >= 0.6 is 11.8 Å². The lowest BCUT2D eigenvalue weighted by Gasteiger charge is -2.22. The van der Waals surface area contributed by atoms with Crippen molar-refractivity contribution in [3.05, 3.63) is 23.3 Å². The third-order valence-corrected chi connectivity index (χ3v) is 4.28. The molecule has 0 saturated heterocycles. The van der Waals surface area contributed by atoms with Crippen LogP contribution in [0.2, 0.25) is 0 Å². The van der Waals surface area contributed by atoms with Gasteiger partial charge in [-0.1, -0.05) is 6.07 Å². The van der Waals surface area contributed by atoms with Crippen molar-refractivity contribution in [1.29, 1.82) is 0 Å². The summed E-state index contributed by atoms with van der Waals surface area (Å²) in [6, 6.07) is 4.42. The molecule has 0 aromatic heterocycles. The molecule has 1 aliphatic rings. The van der Waals surface area contributed by atoms with Crippen molar-refractivity contribution in [1.82, 2.24) is 0 Å². The van der Waals surface area contributed by atoms with E-state index < -0.39 is 0 Å². The van der Waals surface area contributed by atoms with Gasteiger partial charge >= 0.3 is 0 Å². The first kappa shape index (κ1) is 11.7. The highest BCUT2D eigenvalue weighted by Gasteiger charge is 2.25. The molecule has 1 aliphatic heterocycles. The minimum atomic E-state index is 0.251. The third kappa shape index (κ3) is 2.17. The maximum Gasteiger partial charge on any atom is 0.0796 e. The molecular formula is C14H19NS. The number of aryl methyl sites for hydroxylation is 1. The van der Waals surface area contributed by atoms with Gasteiger partial charge in [-0.25, -0.2) is 0 Å². The highest BCUT2D eigenvalue weighted by atomic mass is 32.2. The van der Waals surface area contributed by atoms with Crippen LogP contribution in [0.1, 0.15) is 38.3 Å². The molecule has 0 radical (unpaired) electrons. The van der Waals surface area contributed by atoms with Gasteiger partial charge in [0, 0.05) is 15.4 Å². The lowest BCUT2D eigenvalue weighted by molar-refractivity contribution is 0.748. The van der Waals surface area contributed by atoms with Crippen LogP contribution in [0.5, 0.6) is 0 Å². The van der Waals surface area contributed by atoms with Crippen LogP contribution < -0.4 is 0 Å². The lowest BCUT2D eigenvalue weighted by atomic mass is 10.1. The van der Waals surface area contributed by atoms with Crippen LogP contribution in [-0.2, 0) is 0 Å². The summed E-state index contributed by atoms with van der Waals surface area (Å²) < 4.78 is 0.251. The summed E-state index contributed by atoms with van der Waals surface area (Å²) >= 11 is 1.95. The second kappa shape index (κ2) is 3.92. The summed E-state index contributed by atoms with van der Waals surface area (Å²) in [5.41, 5.74) is 5.08. The molecule has 0 unspecified atom stereocenters. The maximum atomic E-state index is 4.79. The average molecular weight is 233 g/mol. The van der Waals surface area contributed by atoms with E-state index in [1.807, 2.05) is 11.8 Å². The number of aliphatic imine (C=N–C) groups is 1. The second-order valence-electron chi connectivity index (χ2n) is 5.24. The molecule has 1 heterocycles. The number of fused-ring (bicyclic) bond motifs is 1. The Balaban J connectivity index is 2.61. The average Bonchev–Trinajstić information content (AvgIpc) is 2.27. The zero-order valence-electron chi connectivity index (χ0n) is 10.7. The van der Waals surface area contributed by atoms with Gasteiger partial charge in [-0.05, 0) is 58.2 Å². The Morgan fingerprint density at radius 2 is 1.88 bits per heavy atom. The van der Waals surface area contributed by atoms with E-state index in [0.29, 0.717) is 0 Å². The molecule has 0 bridgehead atoms. The van der Waals surface area contributed by atoms with Crippen molar-refractivity contribution < 1.29 is 0 Å². The fourth-order valence-corrected chi connectivity index (χ4v) is 3.49. The minimum Gasteiger partial charge on any atom is -0.257 e. The van der Waals surface area contributed by atoms with Crippen molar-refractivity contribution in [3.63, 3.8) is 0 Å².